The van der Waals surface area contributed by atoms with Crippen molar-refractivity contribution in [1.29, 1.82) is 0 Å². The molecule has 4 nitrogen and oxygen atoms in total. The summed E-state index contributed by atoms with van der Waals surface area (Å²) in [6.45, 7) is 12.1. The minimum absolute atomic E-state index is 0.00568. The minimum atomic E-state index is -0.504. The standard InChI is InChI=1S/C19H32O4/c1-11(2)13-8-7-12(3)9-16(13)22-17(20)14-10-15(14)18(21)23-19(4,5)6/h11-16H,7-10H2,1-6H3/t12-,13+,14+,15+,16-/m1/s1. The maximum Gasteiger partial charge on any atom is 0.310 e. The third kappa shape index (κ3) is 4.95. The van der Waals surface area contributed by atoms with Crippen molar-refractivity contribution >= 4 is 11.9 Å². The van der Waals surface area contributed by atoms with Gasteiger partial charge in [0.1, 0.15) is 11.7 Å². The molecule has 0 bridgehead atoms. The maximum absolute atomic E-state index is 12.4. The van der Waals surface area contributed by atoms with Crippen LogP contribution in [0.3, 0.4) is 0 Å². The van der Waals surface area contributed by atoms with Crippen LogP contribution in [0.4, 0.5) is 0 Å². The van der Waals surface area contributed by atoms with Crippen molar-refractivity contribution in [2.75, 3.05) is 0 Å². The number of hydrogen-bond acceptors (Lipinski definition) is 4. The van der Waals surface area contributed by atoms with Crippen LogP contribution < -0.4 is 0 Å². The Labute approximate surface area is 140 Å². The molecule has 4 heteroatoms. The van der Waals surface area contributed by atoms with Crippen molar-refractivity contribution in [2.45, 2.75) is 78.9 Å². The van der Waals surface area contributed by atoms with E-state index < -0.39 is 5.60 Å². The molecule has 0 aromatic carbocycles. The van der Waals surface area contributed by atoms with Gasteiger partial charge in [-0.25, -0.2) is 0 Å². The molecule has 0 amide bonds. The minimum Gasteiger partial charge on any atom is -0.462 e. The molecule has 5 atom stereocenters. The van der Waals surface area contributed by atoms with Gasteiger partial charge in [-0.1, -0.05) is 27.2 Å². The van der Waals surface area contributed by atoms with Crippen LogP contribution >= 0.6 is 0 Å². The summed E-state index contributed by atoms with van der Waals surface area (Å²) in [6, 6.07) is 0. The van der Waals surface area contributed by atoms with Crippen LogP contribution in [-0.2, 0) is 19.1 Å². The van der Waals surface area contributed by atoms with Crippen LogP contribution in [0.15, 0.2) is 0 Å². The van der Waals surface area contributed by atoms with E-state index >= 15 is 0 Å². The Hall–Kier alpha value is -1.06. The molecular formula is C19H32O4. The largest absolute Gasteiger partial charge is 0.462 e. The van der Waals surface area contributed by atoms with Crippen molar-refractivity contribution in [1.82, 2.24) is 0 Å². The monoisotopic (exact) mass is 324 g/mol. The summed E-state index contributed by atoms with van der Waals surface area (Å²) in [5.41, 5.74) is -0.504. The molecule has 0 radical (unpaired) electrons. The highest BCUT2D eigenvalue weighted by Crippen LogP contribution is 2.43. The van der Waals surface area contributed by atoms with E-state index in [9.17, 15) is 9.59 Å². The molecule has 0 saturated heterocycles. The van der Waals surface area contributed by atoms with Gasteiger partial charge in [0.25, 0.3) is 0 Å². The van der Waals surface area contributed by atoms with Crippen molar-refractivity contribution in [2.24, 2.45) is 29.6 Å². The second-order valence-electron chi connectivity index (χ2n) is 8.78. The predicted molar refractivity (Wildman–Crippen MR) is 88.7 cm³/mol. The van der Waals surface area contributed by atoms with E-state index in [4.69, 9.17) is 9.47 Å². The summed E-state index contributed by atoms with van der Waals surface area (Å²) in [6.07, 6.45) is 3.85. The van der Waals surface area contributed by atoms with Gasteiger partial charge in [0, 0.05) is 0 Å². The molecule has 2 aliphatic rings. The molecule has 132 valence electrons. The molecular weight excluding hydrogens is 292 g/mol. The third-order valence-corrected chi connectivity index (χ3v) is 5.03. The Morgan fingerprint density at radius 1 is 1.00 bits per heavy atom. The van der Waals surface area contributed by atoms with E-state index in [2.05, 4.69) is 20.8 Å². The Bertz CT molecular complexity index is 449. The third-order valence-electron chi connectivity index (χ3n) is 5.03. The van der Waals surface area contributed by atoms with Crippen LogP contribution in [0, 0.1) is 29.6 Å². The molecule has 2 rings (SSSR count). The number of rotatable bonds is 4. The van der Waals surface area contributed by atoms with Gasteiger partial charge in [-0.3, -0.25) is 9.59 Å². The highest BCUT2D eigenvalue weighted by molar-refractivity contribution is 5.87. The van der Waals surface area contributed by atoms with Gasteiger partial charge in [-0.05, 0) is 57.8 Å². The van der Waals surface area contributed by atoms with Gasteiger partial charge in [0.2, 0.25) is 0 Å². The molecule has 0 N–H and O–H groups in total. The summed E-state index contributed by atoms with van der Waals surface area (Å²) in [5.74, 6) is 0.483. The number of carbonyl (C=O) groups excluding carboxylic acids is 2. The molecule has 2 aliphatic carbocycles. The van der Waals surface area contributed by atoms with Crippen molar-refractivity contribution < 1.29 is 19.1 Å². The van der Waals surface area contributed by atoms with Gasteiger partial charge in [0.05, 0.1) is 11.8 Å². The molecule has 0 aromatic rings. The van der Waals surface area contributed by atoms with E-state index in [1.165, 1.54) is 6.42 Å². The average Bonchev–Trinajstić information content (AvgIpc) is 3.16. The van der Waals surface area contributed by atoms with Gasteiger partial charge in [-0.15, -0.1) is 0 Å². The van der Waals surface area contributed by atoms with Crippen LogP contribution in [0.1, 0.15) is 67.2 Å². The lowest BCUT2D eigenvalue weighted by atomic mass is 9.75. The summed E-state index contributed by atoms with van der Waals surface area (Å²) >= 11 is 0. The van der Waals surface area contributed by atoms with E-state index in [1.54, 1.807) is 0 Å². The Kier molecular flexibility index (Phi) is 5.42. The zero-order valence-electron chi connectivity index (χ0n) is 15.4. The fraction of sp³-hybridized carbons (Fsp3) is 0.895. The average molecular weight is 324 g/mol. The lowest BCUT2D eigenvalue weighted by Gasteiger charge is -2.36. The fourth-order valence-corrected chi connectivity index (χ4v) is 3.58. The molecule has 0 heterocycles. The maximum atomic E-state index is 12.4. The van der Waals surface area contributed by atoms with Crippen LogP contribution in [0.2, 0.25) is 0 Å². The Morgan fingerprint density at radius 2 is 1.61 bits per heavy atom. The number of esters is 2. The van der Waals surface area contributed by atoms with E-state index in [1.807, 2.05) is 20.8 Å². The Balaban J connectivity index is 1.88. The zero-order chi connectivity index (χ0) is 17.4. The first-order valence-corrected chi connectivity index (χ1v) is 9.02. The zero-order valence-corrected chi connectivity index (χ0v) is 15.4. The normalized spacial score (nSPS) is 34.1. The molecule has 2 fully saturated rings. The topological polar surface area (TPSA) is 52.6 Å². The van der Waals surface area contributed by atoms with Gasteiger partial charge < -0.3 is 9.47 Å². The summed E-state index contributed by atoms with van der Waals surface area (Å²) in [4.78, 5) is 24.4. The SMILES string of the molecule is CC(C)[C@@H]1CC[C@@H](C)C[C@H]1OC(=O)[C@H]1C[C@@H]1C(=O)OC(C)(C)C. The summed E-state index contributed by atoms with van der Waals surface area (Å²) in [5, 5.41) is 0. The molecule has 23 heavy (non-hydrogen) atoms. The van der Waals surface area contributed by atoms with Gasteiger partial charge in [0.15, 0.2) is 0 Å². The van der Waals surface area contributed by atoms with Crippen LogP contribution in [-0.4, -0.2) is 23.6 Å². The highest BCUT2D eigenvalue weighted by Gasteiger charge is 2.52. The molecule has 0 unspecified atom stereocenters. The molecule has 0 spiro atoms. The number of ether oxygens (including phenoxy) is 2. The first-order chi connectivity index (χ1) is 10.6. The number of carbonyl (C=O) groups is 2. The predicted octanol–water partition coefficient (Wildman–Crippen LogP) is 3.97. The quantitative estimate of drug-likeness (QED) is 0.734. The van der Waals surface area contributed by atoms with Crippen molar-refractivity contribution in [3.05, 3.63) is 0 Å². The lowest BCUT2D eigenvalue weighted by Crippen LogP contribution is -2.36. The van der Waals surface area contributed by atoms with Crippen molar-refractivity contribution in [3.63, 3.8) is 0 Å². The van der Waals surface area contributed by atoms with Crippen molar-refractivity contribution in [3.8, 4) is 0 Å². The number of hydrogen-bond donors (Lipinski definition) is 0. The molecule has 2 saturated carbocycles. The lowest BCUT2D eigenvalue weighted by molar-refractivity contribution is -0.163. The first kappa shape index (κ1) is 18.3. The van der Waals surface area contributed by atoms with Crippen LogP contribution in [0.5, 0.6) is 0 Å². The second kappa shape index (κ2) is 6.82. The highest BCUT2D eigenvalue weighted by atomic mass is 16.6. The fourth-order valence-electron chi connectivity index (χ4n) is 3.58. The first-order valence-electron chi connectivity index (χ1n) is 9.02. The molecule has 0 aliphatic heterocycles. The second-order valence-corrected chi connectivity index (χ2v) is 8.78. The van der Waals surface area contributed by atoms with Gasteiger partial charge >= 0.3 is 11.9 Å². The van der Waals surface area contributed by atoms with E-state index in [0.717, 1.165) is 12.8 Å². The molecule has 0 aromatic heterocycles. The smallest absolute Gasteiger partial charge is 0.310 e. The summed E-state index contributed by atoms with van der Waals surface area (Å²) < 4.78 is 11.2. The van der Waals surface area contributed by atoms with E-state index in [-0.39, 0.29) is 29.9 Å². The summed E-state index contributed by atoms with van der Waals surface area (Å²) in [7, 11) is 0. The Morgan fingerprint density at radius 3 is 2.17 bits per heavy atom. The van der Waals surface area contributed by atoms with Gasteiger partial charge in [-0.2, -0.15) is 0 Å². The van der Waals surface area contributed by atoms with E-state index in [0.29, 0.717) is 24.2 Å². The van der Waals surface area contributed by atoms with Crippen LogP contribution in [0.25, 0.3) is 0 Å².